The Hall–Kier alpha value is -2.63. The van der Waals surface area contributed by atoms with Crippen molar-refractivity contribution < 1.29 is 14.3 Å². The fourth-order valence-corrected chi connectivity index (χ4v) is 2.19. The molecule has 1 aromatic carbocycles. The number of carbonyl (C=O) groups is 1. The third-order valence-electron chi connectivity index (χ3n) is 3.27. The van der Waals surface area contributed by atoms with Crippen molar-refractivity contribution in [3.8, 4) is 11.5 Å². The fourth-order valence-electron chi connectivity index (χ4n) is 2.19. The van der Waals surface area contributed by atoms with Gasteiger partial charge in [0.05, 0.1) is 26.0 Å². The van der Waals surface area contributed by atoms with E-state index in [1.165, 1.54) is 19.5 Å². The SMILES string of the molecule is COc1cnc(C(=O)NCC2Cc3ccccc3O2)nc1. The number of carbonyl (C=O) groups excluding carboxylic acids is 1. The quantitative estimate of drug-likeness (QED) is 0.914. The van der Waals surface area contributed by atoms with Crippen LogP contribution in [0.1, 0.15) is 16.2 Å². The molecule has 1 N–H and O–H groups in total. The van der Waals surface area contributed by atoms with Gasteiger partial charge in [0, 0.05) is 6.42 Å². The number of nitrogens with one attached hydrogen (secondary N) is 1. The van der Waals surface area contributed by atoms with Gasteiger partial charge in [-0.15, -0.1) is 0 Å². The van der Waals surface area contributed by atoms with Gasteiger partial charge in [0.2, 0.25) is 5.82 Å². The molecule has 1 amide bonds. The summed E-state index contributed by atoms with van der Waals surface area (Å²) >= 11 is 0. The summed E-state index contributed by atoms with van der Waals surface area (Å²) in [5, 5.41) is 2.78. The first-order chi connectivity index (χ1) is 10.3. The third kappa shape index (κ3) is 2.94. The van der Waals surface area contributed by atoms with E-state index in [1.807, 2.05) is 24.3 Å². The fraction of sp³-hybridized carbons (Fsp3) is 0.267. The zero-order valence-electron chi connectivity index (χ0n) is 11.6. The van der Waals surface area contributed by atoms with Crippen LogP contribution in [-0.2, 0) is 6.42 Å². The van der Waals surface area contributed by atoms with Crippen LogP contribution >= 0.6 is 0 Å². The van der Waals surface area contributed by atoms with Crippen LogP contribution in [0.4, 0.5) is 0 Å². The number of hydrogen-bond donors (Lipinski definition) is 1. The summed E-state index contributed by atoms with van der Waals surface area (Å²) in [6, 6.07) is 7.88. The Kier molecular flexibility index (Phi) is 3.68. The summed E-state index contributed by atoms with van der Waals surface area (Å²) in [5.41, 5.74) is 1.16. The molecule has 21 heavy (non-hydrogen) atoms. The van der Waals surface area contributed by atoms with Crippen LogP contribution in [0.2, 0.25) is 0 Å². The summed E-state index contributed by atoms with van der Waals surface area (Å²) in [6.07, 6.45) is 3.66. The van der Waals surface area contributed by atoms with Crippen LogP contribution in [0.3, 0.4) is 0 Å². The van der Waals surface area contributed by atoms with Crippen LogP contribution in [-0.4, -0.2) is 35.6 Å². The first-order valence-corrected chi connectivity index (χ1v) is 6.65. The molecule has 0 spiro atoms. The summed E-state index contributed by atoms with van der Waals surface area (Å²) in [6.45, 7) is 0.420. The second-order valence-corrected chi connectivity index (χ2v) is 4.71. The number of para-hydroxylation sites is 1. The molecular formula is C15H15N3O3. The lowest BCUT2D eigenvalue weighted by atomic mass is 10.1. The third-order valence-corrected chi connectivity index (χ3v) is 3.27. The summed E-state index contributed by atoms with van der Waals surface area (Å²) in [5.74, 6) is 1.20. The Morgan fingerprint density at radius 3 is 2.86 bits per heavy atom. The number of aromatic nitrogens is 2. The van der Waals surface area contributed by atoms with Crippen LogP contribution in [0.25, 0.3) is 0 Å². The second kappa shape index (κ2) is 5.78. The minimum Gasteiger partial charge on any atom is -0.494 e. The van der Waals surface area contributed by atoms with Crippen LogP contribution in [0.15, 0.2) is 36.7 Å². The number of ether oxygens (including phenoxy) is 2. The zero-order valence-corrected chi connectivity index (χ0v) is 11.6. The number of amides is 1. The van der Waals surface area contributed by atoms with Crippen molar-refractivity contribution in [2.24, 2.45) is 0 Å². The highest BCUT2D eigenvalue weighted by Crippen LogP contribution is 2.27. The Morgan fingerprint density at radius 1 is 1.38 bits per heavy atom. The Labute approximate surface area is 122 Å². The maximum absolute atomic E-state index is 11.9. The van der Waals surface area contributed by atoms with E-state index in [4.69, 9.17) is 9.47 Å². The molecule has 1 unspecified atom stereocenters. The number of nitrogens with zero attached hydrogens (tertiary/aromatic N) is 2. The lowest BCUT2D eigenvalue weighted by Crippen LogP contribution is -2.35. The summed E-state index contributed by atoms with van der Waals surface area (Å²) in [7, 11) is 1.52. The molecule has 6 nitrogen and oxygen atoms in total. The second-order valence-electron chi connectivity index (χ2n) is 4.71. The lowest BCUT2D eigenvalue weighted by molar-refractivity contribution is 0.0923. The van der Waals surface area contributed by atoms with Gasteiger partial charge < -0.3 is 14.8 Å². The number of methoxy groups -OCH3 is 1. The molecule has 2 aromatic rings. The van der Waals surface area contributed by atoms with E-state index in [9.17, 15) is 4.79 Å². The molecule has 3 rings (SSSR count). The van der Waals surface area contributed by atoms with Gasteiger partial charge in [-0.25, -0.2) is 9.97 Å². The topological polar surface area (TPSA) is 73.3 Å². The van der Waals surface area contributed by atoms with Gasteiger partial charge in [0.15, 0.2) is 5.75 Å². The zero-order chi connectivity index (χ0) is 14.7. The Bertz CT molecular complexity index is 618. The molecule has 1 aliphatic rings. The molecule has 1 atom stereocenters. The van der Waals surface area contributed by atoms with Crippen LogP contribution < -0.4 is 14.8 Å². The molecule has 2 heterocycles. The van der Waals surface area contributed by atoms with Crippen molar-refractivity contribution in [2.45, 2.75) is 12.5 Å². The van der Waals surface area contributed by atoms with Crippen molar-refractivity contribution in [2.75, 3.05) is 13.7 Å². The average Bonchev–Trinajstić information content (AvgIpc) is 2.95. The highest BCUT2D eigenvalue weighted by molar-refractivity contribution is 5.90. The molecular weight excluding hydrogens is 270 g/mol. The number of benzene rings is 1. The first kappa shape index (κ1) is 13.4. The Morgan fingerprint density at radius 2 is 2.14 bits per heavy atom. The maximum Gasteiger partial charge on any atom is 0.289 e. The highest BCUT2D eigenvalue weighted by atomic mass is 16.5. The van der Waals surface area contributed by atoms with Crippen molar-refractivity contribution in [3.63, 3.8) is 0 Å². The number of fused-ring (bicyclic) bond motifs is 1. The smallest absolute Gasteiger partial charge is 0.289 e. The predicted octanol–water partition coefficient (Wildman–Crippen LogP) is 1.22. The largest absolute Gasteiger partial charge is 0.494 e. The average molecular weight is 285 g/mol. The first-order valence-electron chi connectivity index (χ1n) is 6.65. The van der Waals surface area contributed by atoms with Gasteiger partial charge >= 0.3 is 0 Å². The predicted molar refractivity (Wildman–Crippen MR) is 75.5 cm³/mol. The van der Waals surface area contributed by atoms with E-state index < -0.39 is 0 Å². The van der Waals surface area contributed by atoms with Gasteiger partial charge in [0.1, 0.15) is 11.9 Å². The summed E-state index contributed by atoms with van der Waals surface area (Å²) in [4.78, 5) is 19.8. The molecule has 108 valence electrons. The van der Waals surface area contributed by atoms with Crippen molar-refractivity contribution in [1.29, 1.82) is 0 Å². The Balaban J connectivity index is 1.55. The van der Waals surface area contributed by atoms with E-state index in [0.717, 1.165) is 17.7 Å². The van der Waals surface area contributed by atoms with E-state index in [2.05, 4.69) is 15.3 Å². The highest BCUT2D eigenvalue weighted by Gasteiger charge is 2.23. The monoisotopic (exact) mass is 285 g/mol. The van der Waals surface area contributed by atoms with E-state index in [0.29, 0.717) is 12.3 Å². The van der Waals surface area contributed by atoms with Gasteiger partial charge in [-0.1, -0.05) is 18.2 Å². The molecule has 0 saturated carbocycles. The summed E-state index contributed by atoms with van der Waals surface area (Å²) < 4.78 is 10.7. The van der Waals surface area contributed by atoms with E-state index in [1.54, 1.807) is 0 Å². The normalized spacial score (nSPS) is 16.0. The number of rotatable bonds is 4. The van der Waals surface area contributed by atoms with Crippen LogP contribution in [0.5, 0.6) is 11.5 Å². The molecule has 0 saturated heterocycles. The molecule has 0 aliphatic carbocycles. The van der Waals surface area contributed by atoms with Gasteiger partial charge in [-0.05, 0) is 11.6 Å². The van der Waals surface area contributed by atoms with Crippen LogP contribution in [0, 0.1) is 0 Å². The molecule has 6 heteroatoms. The molecule has 0 fully saturated rings. The minimum absolute atomic E-state index is 0.0513. The van der Waals surface area contributed by atoms with Crippen molar-refractivity contribution in [3.05, 3.63) is 48.0 Å². The maximum atomic E-state index is 11.9. The van der Waals surface area contributed by atoms with Crippen molar-refractivity contribution in [1.82, 2.24) is 15.3 Å². The van der Waals surface area contributed by atoms with Gasteiger partial charge in [-0.3, -0.25) is 4.79 Å². The minimum atomic E-state index is -0.322. The molecule has 1 aromatic heterocycles. The van der Waals surface area contributed by atoms with Crippen molar-refractivity contribution >= 4 is 5.91 Å². The molecule has 0 bridgehead atoms. The number of hydrogen-bond acceptors (Lipinski definition) is 5. The lowest BCUT2D eigenvalue weighted by Gasteiger charge is -2.11. The van der Waals surface area contributed by atoms with E-state index in [-0.39, 0.29) is 17.8 Å². The van der Waals surface area contributed by atoms with Gasteiger partial charge in [-0.2, -0.15) is 0 Å². The van der Waals surface area contributed by atoms with Gasteiger partial charge in [0.25, 0.3) is 5.91 Å². The van der Waals surface area contributed by atoms with E-state index >= 15 is 0 Å². The standard InChI is InChI=1S/C15H15N3O3/c1-20-12-8-16-14(17-9-12)15(19)18-7-11-6-10-4-2-3-5-13(10)21-11/h2-5,8-9,11H,6-7H2,1H3,(H,18,19). The molecule has 0 radical (unpaired) electrons. The molecule has 1 aliphatic heterocycles.